The first-order chi connectivity index (χ1) is 12.4. The van der Waals surface area contributed by atoms with Crippen LogP contribution in [-0.4, -0.2) is 40.5 Å². The summed E-state index contributed by atoms with van der Waals surface area (Å²) >= 11 is 0. The highest BCUT2D eigenvalue weighted by molar-refractivity contribution is 5.94. The van der Waals surface area contributed by atoms with Gasteiger partial charge in [0.15, 0.2) is 12.4 Å². The van der Waals surface area contributed by atoms with Crippen molar-refractivity contribution in [2.75, 3.05) is 6.61 Å². The zero-order valence-corrected chi connectivity index (χ0v) is 14.1. The number of carbonyl (C=O) groups excluding carboxylic acids is 3. The predicted octanol–water partition coefficient (Wildman–Crippen LogP) is 1.57. The fourth-order valence-corrected chi connectivity index (χ4v) is 2.28. The average Bonchev–Trinajstić information content (AvgIpc) is 2.60. The third kappa shape index (κ3) is 5.34. The molecule has 0 aliphatic heterocycles. The van der Waals surface area contributed by atoms with Crippen LogP contribution >= 0.6 is 0 Å². The second-order valence-corrected chi connectivity index (χ2v) is 5.70. The quantitative estimate of drug-likeness (QED) is 0.648. The molecule has 2 rings (SSSR count). The van der Waals surface area contributed by atoms with E-state index in [1.54, 1.807) is 0 Å². The van der Waals surface area contributed by atoms with Crippen LogP contribution in [0.5, 0.6) is 11.5 Å². The molecular weight excluding hydrogens is 338 g/mol. The fraction of sp³-hybridized carbons (Fsp3) is 0.211. The Hall–Kier alpha value is -3.35. The number of esters is 1. The molecule has 0 spiro atoms. The molecule has 0 aliphatic rings. The molecule has 0 aliphatic carbocycles. The molecular formula is C19H19NO6. The van der Waals surface area contributed by atoms with Crippen molar-refractivity contribution in [2.45, 2.75) is 19.4 Å². The lowest BCUT2D eigenvalue weighted by molar-refractivity contribution is -0.128. The van der Waals surface area contributed by atoms with Crippen LogP contribution < -0.4 is 5.32 Å². The minimum atomic E-state index is -0.917. The molecule has 0 heterocycles. The summed E-state index contributed by atoms with van der Waals surface area (Å²) in [5.41, 5.74) is 0.710. The number of hydrogen-bond donors (Lipinski definition) is 3. The number of ether oxygens (including phenoxy) is 1. The Balaban J connectivity index is 1.91. The standard InChI is InChI=1S/C19H19NO6/c1-12(21)16(9-13-5-3-2-4-6-13)20-18(24)11-26-19(25)15-8-7-14(22)10-17(15)23/h2-8,10,16,22-23H,9,11H2,1H3,(H,20,24). The molecule has 3 N–H and O–H groups in total. The van der Waals surface area contributed by atoms with Gasteiger partial charge in [0.25, 0.3) is 5.91 Å². The van der Waals surface area contributed by atoms with E-state index in [1.807, 2.05) is 30.3 Å². The van der Waals surface area contributed by atoms with Gasteiger partial charge in [-0.1, -0.05) is 30.3 Å². The topological polar surface area (TPSA) is 113 Å². The highest BCUT2D eigenvalue weighted by Crippen LogP contribution is 2.23. The number of phenolic OH excluding ortho intramolecular Hbond substituents is 2. The highest BCUT2D eigenvalue weighted by Gasteiger charge is 2.20. The molecule has 1 atom stereocenters. The maximum Gasteiger partial charge on any atom is 0.342 e. The summed E-state index contributed by atoms with van der Waals surface area (Å²) in [5, 5.41) is 21.3. The Morgan fingerprint density at radius 3 is 2.38 bits per heavy atom. The van der Waals surface area contributed by atoms with E-state index in [0.717, 1.165) is 11.6 Å². The lowest BCUT2D eigenvalue weighted by Crippen LogP contribution is -2.43. The van der Waals surface area contributed by atoms with Crippen LogP contribution in [0, 0.1) is 0 Å². The molecule has 0 saturated heterocycles. The summed E-state index contributed by atoms with van der Waals surface area (Å²) in [6, 6.07) is 11.9. The molecule has 7 heteroatoms. The summed E-state index contributed by atoms with van der Waals surface area (Å²) in [5.74, 6) is -2.43. The fourth-order valence-electron chi connectivity index (χ4n) is 2.28. The normalized spacial score (nSPS) is 11.4. The second-order valence-electron chi connectivity index (χ2n) is 5.70. The largest absolute Gasteiger partial charge is 0.508 e. The summed E-state index contributed by atoms with van der Waals surface area (Å²) in [4.78, 5) is 35.6. The molecule has 0 radical (unpaired) electrons. The number of rotatable bonds is 7. The Morgan fingerprint density at radius 2 is 1.77 bits per heavy atom. The summed E-state index contributed by atoms with van der Waals surface area (Å²) in [6.45, 7) is 0.770. The Kier molecular flexibility index (Phi) is 6.32. The van der Waals surface area contributed by atoms with Crippen molar-refractivity contribution in [1.82, 2.24) is 5.32 Å². The van der Waals surface area contributed by atoms with Crippen LogP contribution in [0.25, 0.3) is 0 Å². The molecule has 0 saturated carbocycles. The number of nitrogens with one attached hydrogen (secondary N) is 1. The zero-order valence-electron chi connectivity index (χ0n) is 14.1. The Bertz CT molecular complexity index is 803. The molecule has 0 bridgehead atoms. The third-order valence-corrected chi connectivity index (χ3v) is 3.64. The zero-order chi connectivity index (χ0) is 19.1. The van der Waals surface area contributed by atoms with Crippen molar-refractivity contribution in [1.29, 1.82) is 0 Å². The minimum Gasteiger partial charge on any atom is -0.508 e. The second kappa shape index (κ2) is 8.66. The summed E-state index contributed by atoms with van der Waals surface area (Å²) in [7, 11) is 0. The molecule has 1 amide bonds. The smallest absolute Gasteiger partial charge is 0.342 e. The molecule has 136 valence electrons. The van der Waals surface area contributed by atoms with Crippen molar-refractivity contribution >= 4 is 17.7 Å². The molecule has 26 heavy (non-hydrogen) atoms. The van der Waals surface area contributed by atoms with Gasteiger partial charge < -0.3 is 20.3 Å². The van der Waals surface area contributed by atoms with Crippen LogP contribution in [0.1, 0.15) is 22.8 Å². The van der Waals surface area contributed by atoms with Gasteiger partial charge in [0.2, 0.25) is 0 Å². The number of benzene rings is 2. The first-order valence-corrected chi connectivity index (χ1v) is 7.89. The van der Waals surface area contributed by atoms with Gasteiger partial charge in [-0.05, 0) is 31.0 Å². The van der Waals surface area contributed by atoms with Gasteiger partial charge in [-0.25, -0.2) is 4.79 Å². The van der Waals surface area contributed by atoms with Crippen molar-refractivity contribution in [2.24, 2.45) is 0 Å². The number of aromatic hydroxyl groups is 2. The van der Waals surface area contributed by atoms with E-state index in [2.05, 4.69) is 5.32 Å². The molecule has 0 fully saturated rings. The van der Waals surface area contributed by atoms with Gasteiger partial charge in [-0.2, -0.15) is 0 Å². The Labute approximate surface area is 150 Å². The molecule has 2 aromatic rings. The minimum absolute atomic E-state index is 0.178. The van der Waals surface area contributed by atoms with Crippen LogP contribution in [0.3, 0.4) is 0 Å². The van der Waals surface area contributed by atoms with Crippen molar-refractivity contribution in [3.8, 4) is 11.5 Å². The number of phenols is 2. The van der Waals surface area contributed by atoms with E-state index in [9.17, 15) is 24.6 Å². The maximum absolute atomic E-state index is 12.0. The van der Waals surface area contributed by atoms with Crippen LogP contribution in [0.4, 0.5) is 0 Å². The number of hydrogen-bond acceptors (Lipinski definition) is 6. The van der Waals surface area contributed by atoms with E-state index in [-0.39, 0.29) is 17.1 Å². The van der Waals surface area contributed by atoms with Crippen molar-refractivity contribution in [3.63, 3.8) is 0 Å². The van der Waals surface area contributed by atoms with Gasteiger partial charge in [0, 0.05) is 6.07 Å². The van der Waals surface area contributed by atoms with Crippen LogP contribution in [0.2, 0.25) is 0 Å². The number of ketones is 1. The first kappa shape index (κ1) is 19.0. The van der Waals surface area contributed by atoms with Crippen LogP contribution in [0.15, 0.2) is 48.5 Å². The molecule has 2 aromatic carbocycles. The SMILES string of the molecule is CC(=O)C(Cc1ccccc1)NC(=O)COC(=O)c1ccc(O)cc1O. The van der Waals surface area contributed by atoms with Crippen molar-refractivity contribution in [3.05, 3.63) is 59.7 Å². The van der Waals surface area contributed by atoms with Gasteiger partial charge in [-0.3, -0.25) is 9.59 Å². The van der Waals surface area contributed by atoms with Crippen LogP contribution in [-0.2, 0) is 20.7 Å². The molecule has 7 nitrogen and oxygen atoms in total. The van der Waals surface area contributed by atoms with E-state index >= 15 is 0 Å². The van der Waals surface area contributed by atoms with E-state index in [1.165, 1.54) is 19.1 Å². The van der Waals surface area contributed by atoms with Gasteiger partial charge in [-0.15, -0.1) is 0 Å². The van der Waals surface area contributed by atoms with E-state index in [0.29, 0.717) is 6.42 Å². The van der Waals surface area contributed by atoms with Crippen molar-refractivity contribution < 1.29 is 29.3 Å². The lowest BCUT2D eigenvalue weighted by Gasteiger charge is -2.16. The lowest BCUT2D eigenvalue weighted by atomic mass is 10.0. The van der Waals surface area contributed by atoms with Gasteiger partial charge in [0.1, 0.15) is 17.1 Å². The third-order valence-electron chi connectivity index (χ3n) is 3.64. The summed E-state index contributed by atoms with van der Waals surface area (Å²) in [6.07, 6.45) is 0.328. The van der Waals surface area contributed by atoms with Gasteiger partial charge >= 0.3 is 5.97 Å². The van der Waals surface area contributed by atoms with E-state index < -0.39 is 30.3 Å². The molecule has 0 aromatic heterocycles. The number of carbonyl (C=O) groups is 3. The average molecular weight is 357 g/mol. The van der Waals surface area contributed by atoms with E-state index in [4.69, 9.17) is 4.74 Å². The summed E-state index contributed by atoms with van der Waals surface area (Å²) < 4.78 is 4.84. The monoisotopic (exact) mass is 357 g/mol. The maximum atomic E-state index is 12.0. The first-order valence-electron chi connectivity index (χ1n) is 7.89. The van der Waals surface area contributed by atoms with Gasteiger partial charge in [0.05, 0.1) is 6.04 Å². The number of amides is 1. The number of Topliss-reactive ketones (excluding diaryl/α,β-unsaturated/α-hetero) is 1. The predicted molar refractivity (Wildman–Crippen MR) is 92.8 cm³/mol. The molecule has 1 unspecified atom stereocenters. The Morgan fingerprint density at radius 1 is 1.08 bits per heavy atom. The highest BCUT2D eigenvalue weighted by atomic mass is 16.5.